The van der Waals surface area contributed by atoms with Crippen LogP contribution in [0.2, 0.25) is 0 Å². The maximum Gasteiger partial charge on any atom is 0.374 e. The number of aromatic carboxylic acids is 1. The third-order valence-corrected chi connectivity index (χ3v) is 2.17. The molecule has 0 amide bonds. The van der Waals surface area contributed by atoms with Crippen molar-refractivity contribution in [3.63, 3.8) is 0 Å². The van der Waals surface area contributed by atoms with Crippen molar-refractivity contribution in [2.24, 2.45) is 0 Å². The summed E-state index contributed by atoms with van der Waals surface area (Å²) >= 11 is 0. The van der Waals surface area contributed by atoms with Gasteiger partial charge in [-0.15, -0.1) is 0 Å². The molecule has 0 aliphatic rings. The van der Waals surface area contributed by atoms with Gasteiger partial charge in [-0.3, -0.25) is 0 Å². The minimum Gasteiger partial charge on any atom is -0.475 e. The molecule has 1 rings (SSSR count). The molecule has 1 aromatic heterocycles. The van der Waals surface area contributed by atoms with Gasteiger partial charge in [0.25, 0.3) is 0 Å². The number of rotatable bonds is 3. The Kier molecular flexibility index (Phi) is 3.24. The summed E-state index contributed by atoms with van der Waals surface area (Å²) in [5.41, 5.74) is 0.657. The Labute approximate surface area is 88.8 Å². The van der Waals surface area contributed by atoms with E-state index in [9.17, 15) is 4.79 Å². The first-order chi connectivity index (χ1) is 6.91. The molecular formula is C10H15N3O2. The van der Waals surface area contributed by atoms with Crippen LogP contribution in [0.5, 0.6) is 0 Å². The summed E-state index contributed by atoms with van der Waals surface area (Å²) in [5, 5.41) is 8.81. The largest absolute Gasteiger partial charge is 0.475 e. The zero-order valence-corrected chi connectivity index (χ0v) is 9.35. The molecule has 1 N–H and O–H groups in total. The fourth-order valence-corrected chi connectivity index (χ4v) is 1.09. The van der Waals surface area contributed by atoms with E-state index >= 15 is 0 Å². The minimum atomic E-state index is -1.10. The zero-order valence-electron chi connectivity index (χ0n) is 9.35. The molecule has 0 saturated heterocycles. The maximum absolute atomic E-state index is 10.8. The quantitative estimate of drug-likeness (QED) is 0.813. The summed E-state index contributed by atoms with van der Waals surface area (Å²) in [6.07, 6.45) is 0. The lowest BCUT2D eigenvalue weighted by Crippen LogP contribution is -2.27. The third-order valence-electron chi connectivity index (χ3n) is 2.17. The lowest BCUT2D eigenvalue weighted by atomic mass is 10.3. The molecule has 0 bridgehead atoms. The van der Waals surface area contributed by atoms with Crippen LogP contribution in [0.1, 0.15) is 30.2 Å². The number of aromatic nitrogens is 2. The van der Waals surface area contributed by atoms with Crippen molar-refractivity contribution in [1.29, 1.82) is 0 Å². The Morgan fingerprint density at radius 3 is 2.53 bits per heavy atom. The van der Waals surface area contributed by atoms with E-state index < -0.39 is 5.97 Å². The van der Waals surface area contributed by atoms with Crippen LogP contribution in [0, 0.1) is 6.92 Å². The average Bonchev–Trinajstić information content (AvgIpc) is 2.15. The van der Waals surface area contributed by atoms with Crippen molar-refractivity contribution in [1.82, 2.24) is 9.97 Å². The Bertz CT molecular complexity index is 377. The predicted molar refractivity (Wildman–Crippen MR) is 57.3 cm³/mol. The number of hydrogen-bond acceptors (Lipinski definition) is 4. The molecule has 5 heteroatoms. The Hall–Kier alpha value is -1.65. The van der Waals surface area contributed by atoms with E-state index in [1.807, 2.05) is 25.8 Å². The molecule has 15 heavy (non-hydrogen) atoms. The molecule has 0 spiro atoms. The lowest BCUT2D eigenvalue weighted by molar-refractivity contribution is 0.0683. The smallest absolute Gasteiger partial charge is 0.374 e. The molecule has 0 aliphatic carbocycles. The predicted octanol–water partition coefficient (Wildman–Crippen LogP) is 1.33. The van der Waals surface area contributed by atoms with Gasteiger partial charge in [-0.2, -0.15) is 0 Å². The van der Waals surface area contributed by atoms with Gasteiger partial charge in [-0.25, -0.2) is 14.8 Å². The average molecular weight is 209 g/mol. The molecule has 0 atom stereocenters. The van der Waals surface area contributed by atoms with Gasteiger partial charge in [-0.05, 0) is 20.8 Å². The van der Waals surface area contributed by atoms with Crippen LogP contribution in [-0.4, -0.2) is 34.1 Å². The van der Waals surface area contributed by atoms with Crippen LogP contribution in [0.3, 0.4) is 0 Å². The van der Waals surface area contributed by atoms with Crippen LogP contribution in [0.25, 0.3) is 0 Å². The van der Waals surface area contributed by atoms with Crippen molar-refractivity contribution in [3.05, 3.63) is 17.6 Å². The highest BCUT2D eigenvalue weighted by Gasteiger charge is 2.13. The molecule has 82 valence electrons. The second-order valence-corrected chi connectivity index (χ2v) is 3.70. The van der Waals surface area contributed by atoms with E-state index in [0.29, 0.717) is 11.5 Å². The molecule has 0 unspecified atom stereocenters. The summed E-state index contributed by atoms with van der Waals surface area (Å²) in [6.45, 7) is 5.78. The zero-order chi connectivity index (χ0) is 11.6. The number of anilines is 1. The number of aryl methyl sites for hydroxylation is 1. The molecule has 1 aromatic rings. The second-order valence-electron chi connectivity index (χ2n) is 3.70. The fraction of sp³-hybridized carbons (Fsp3) is 0.500. The van der Waals surface area contributed by atoms with E-state index in [4.69, 9.17) is 5.11 Å². The molecule has 0 aliphatic heterocycles. The molecule has 0 radical (unpaired) electrons. The van der Waals surface area contributed by atoms with Gasteiger partial charge in [0.15, 0.2) is 0 Å². The van der Waals surface area contributed by atoms with Gasteiger partial charge in [0.1, 0.15) is 5.82 Å². The first kappa shape index (κ1) is 11.4. The van der Waals surface area contributed by atoms with E-state index in [1.165, 1.54) is 0 Å². The first-order valence-corrected chi connectivity index (χ1v) is 4.73. The van der Waals surface area contributed by atoms with Crippen LogP contribution in [0.15, 0.2) is 6.07 Å². The molecule has 0 aromatic carbocycles. The van der Waals surface area contributed by atoms with Gasteiger partial charge < -0.3 is 10.0 Å². The molecule has 0 saturated carbocycles. The van der Waals surface area contributed by atoms with Crippen LogP contribution < -0.4 is 4.90 Å². The van der Waals surface area contributed by atoms with Crippen molar-refractivity contribution in [2.75, 3.05) is 11.9 Å². The molecule has 5 nitrogen and oxygen atoms in total. The monoisotopic (exact) mass is 209 g/mol. The molecular weight excluding hydrogens is 194 g/mol. The van der Waals surface area contributed by atoms with Crippen molar-refractivity contribution in [2.45, 2.75) is 26.8 Å². The van der Waals surface area contributed by atoms with E-state index in [-0.39, 0.29) is 11.9 Å². The first-order valence-electron chi connectivity index (χ1n) is 4.73. The summed E-state index contributed by atoms with van der Waals surface area (Å²) in [6, 6.07) is 2.04. The third kappa shape index (κ3) is 2.65. The van der Waals surface area contributed by atoms with Gasteiger partial charge >= 0.3 is 5.97 Å². The molecule has 1 heterocycles. The highest BCUT2D eigenvalue weighted by molar-refractivity contribution is 5.83. The van der Waals surface area contributed by atoms with E-state index in [0.717, 1.165) is 0 Å². The minimum absolute atomic E-state index is 0.155. The molecule has 0 fully saturated rings. The second kappa shape index (κ2) is 4.25. The topological polar surface area (TPSA) is 66.3 Å². The van der Waals surface area contributed by atoms with Crippen LogP contribution >= 0.6 is 0 Å². The van der Waals surface area contributed by atoms with Crippen LogP contribution in [-0.2, 0) is 0 Å². The summed E-state index contributed by atoms with van der Waals surface area (Å²) in [5.74, 6) is -0.621. The van der Waals surface area contributed by atoms with E-state index in [2.05, 4.69) is 9.97 Å². The maximum atomic E-state index is 10.8. The Morgan fingerprint density at radius 1 is 1.47 bits per heavy atom. The van der Waals surface area contributed by atoms with Gasteiger partial charge in [0, 0.05) is 24.8 Å². The summed E-state index contributed by atoms with van der Waals surface area (Å²) in [4.78, 5) is 20.5. The van der Waals surface area contributed by atoms with Crippen molar-refractivity contribution in [3.8, 4) is 0 Å². The number of carbonyl (C=O) groups is 1. The van der Waals surface area contributed by atoms with Crippen molar-refractivity contribution >= 4 is 11.8 Å². The normalized spacial score (nSPS) is 10.5. The van der Waals surface area contributed by atoms with E-state index in [1.54, 1.807) is 13.0 Å². The number of carboxylic acids is 1. The fourth-order valence-electron chi connectivity index (χ4n) is 1.09. The number of carboxylic acid groups (broad SMARTS) is 1. The standard InChI is InChI=1S/C10H15N3O2/c1-6(2)13(4)8-5-7(3)11-9(12-8)10(14)15/h5-6H,1-4H3,(H,14,15). The number of nitrogens with zero attached hydrogens (tertiary/aromatic N) is 3. The van der Waals surface area contributed by atoms with Gasteiger partial charge in [-0.1, -0.05) is 0 Å². The highest BCUT2D eigenvalue weighted by atomic mass is 16.4. The Balaban J connectivity index is 3.14. The van der Waals surface area contributed by atoms with Gasteiger partial charge in [0.05, 0.1) is 0 Å². The number of hydrogen-bond donors (Lipinski definition) is 1. The summed E-state index contributed by atoms with van der Waals surface area (Å²) < 4.78 is 0. The SMILES string of the molecule is Cc1cc(N(C)C(C)C)nc(C(=O)O)n1. The van der Waals surface area contributed by atoms with Crippen LogP contribution in [0.4, 0.5) is 5.82 Å². The summed E-state index contributed by atoms with van der Waals surface area (Å²) in [7, 11) is 1.87. The van der Waals surface area contributed by atoms with Crippen molar-refractivity contribution < 1.29 is 9.90 Å². The Morgan fingerprint density at radius 2 is 2.07 bits per heavy atom. The lowest BCUT2D eigenvalue weighted by Gasteiger charge is -2.22. The highest BCUT2D eigenvalue weighted by Crippen LogP contribution is 2.13. The van der Waals surface area contributed by atoms with Gasteiger partial charge in [0.2, 0.25) is 5.82 Å².